The lowest BCUT2D eigenvalue weighted by Gasteiger charge is -2.15. The molecule has 2 aromatic carbocycles. The Morgan fingerprint density at radius 3 is 2.27 bits per heavy atom. The fourth-order valence-electron chi connectivity index (χ4n) is 2.45. The summed E-state index contributed by atoms with van der Waals surface area (Å²) in [5.41, 5.74) is 1.40. The van der Waals surface area contributed by atoms with E-state index < -0.39 is 0 Å². The van der Waals surface area contributed by atoms with Crippen LogP contribution in [0.3, 0.4) is 0 Å². The van der Waals surface area contributed by atoms with Crippen molar-refractivity contribution in [3.63, 3.8) is 0 Å². The molecule has 2 aromatic rings. The molecule has 5 heteroatoms. The summed E-state index contributed by atoms with van der Waals surface area (Å²) >= 11 is 0. The molecule has 108 valence electrons. The van der Waals surface area contributed by atoms with E-state index in [1.807, 2.05) is 13.0 Å². The number of anilines is 1. The van der Waals surface area contributed by atoms with E-state index in [1.165, 1.54) is 6.07 Å². The highest BCUT2D eigenvalue weighted by molar-refractivity contribution is 6.34. The van der Waals surface area contributed by atoms with Crippen LogP contribution < -0.4 is 9.64 Å². The number of hydrogen-bond donors (Lipinski definition) is 0. The van der Waals surface area contributed by atoms with Gasteiger partial charge in [-0.05, 0) is 37.3 Å². The Bertz CT molecular complexity index is 786. The number of fused-ring (bicyclic) bond motifs is 1. The van der Waals surface area contributed by atoms with Crippen molar-refractivity contribution in [1.29, 1.82) is 5.26 Å². The lowest BCUT2D eigenvalue weighted by atomic mass is 10.1. The molecule has 1 aliphatic rings. The number of ether oxygens (including phenoxy) is 1. The maximum Gasteiger partial charge on any atom is 0.266 e. The van der Waals surface area contributed by atoms with E-state index in [4.69, 9.17) is 4.74 Å². The quantitative estimate of drug-likeness (QED) is 0.816. The van der Waals surface area contributed by atoms with Crippen molar-refractivity contribution in [2.75, 3.05) is 11.5 Å². The number of amides is 2. The van der Waals surface area contributed by atoms with Crippen LogP contribution >= 0.6 is 0 Å². The van der Waals surface area contributed by atoms with Gasteiger partial charge in [0, 0.05) is 0 Å². The highest BCUT2D eigenvalue weighted by Gasteiger charge is 2.36. The minimum atomic E-state index is -0.381. The molecular formula is C17H12N2O3. The van der Waals surface area contributed by atoms with Crippen LogP contribution in [-0.4, -0.2) is 18.4 Å². The predicted molar refractivity (Wildman–Crippen MR) is 79.9 cm³/mol. The maximum absolute atomic E-state index is 12.4. The van der Waals surface area contributed by atoms with Crippen molar-refractivity contribution >= 4 is 17.5 Å². The highest BCUT2D eigenvalue weighted by atomic mass is 16.5. The van der Waals surface area contributed by atoms with Gasteiger partial charge in [0.25, 0.3) is 11.8 Å². The van der Waals surface area contributed by atoms with Crippen LogP contribution in [0.5, 0.6) is 5.75 Å². The van der Waals surface area contributed by atoms with Gasteiger partial charge >= 0.3 is 0 Å². The third kappa shape index (κ3) is 2.02. The van der Waals surface area contributed by atoms with Crippen molar-refractivity contribution < 1.29 is 14.3 Å². The summed E-state index contributed by atoms with van der Waals surface area (Å²) in [4.78, 5) is 25.9. The van der Waals surface area contributed by atoms with E-state index in [1.54, 1.807) is 36.4 Å². The number of hydrogen-bond acceptors (Lipinski definition) is 4. The summed E-state index contributed by atoms with van der Waals surface area (Å²) in [6.07, 6.45) is 0. The largest absolute Gasteiger partial charge is 0.492 e. The molecule has 1 heterocycles. The molecular weight excluding hydrogens is 280 g/mol. The molecule has 0 unspecified atom stereocenters. The molecule has 5 nitrogen and oxygen atoms in total. The van der Waals surface area contributed by atoms with Gasteiger partial charge in [-0.2, -0.15) is 5.26 Å². The first kappa shape index (κ1) is 13.8. The van der Waals surface area contributed by atoms with Crippen LogP contribution in [0.4, 0.5) is 5.69 Å². The Kier molecular flexibility index (Phi) is 3.36. The lowest BCUT2D eigenvalue weighted by molar-refractivity contribution is 0.0926. The van der Waals surface area contributed by atoms with E-state index in [0.29, 0.717) is 29.2 Å². The molecule has 0 atom stereocenters. The summed E-state index contributed by atoms with van der Waals surface area (Å²) in [5, 5.41) is 9.20. The maximum atomic E-state index is 12.4. The van der Waals surface area contributed by atoms with Crippen LogP contribution in [0.1, 0.15) is 33.2 Å². The average Bonchev–Trinajstić information content (AvgIpc) is 2.80. The van der Waals surface area contributed by atoms with Gasteiger partial charge < -0.3 is 4.74 Å². The smallest absolute Gasteiger partial charge is 0.266 e. The first-order valence-electron chi connectivity index (χ1n) is 6.82. The fourth-order valence-corrected chi connectivity index (χ4v) is 2.45. The molecule has 1 aliphatic heterocycles. The zero-order valence-corrected chi connectivity index (χ0v) is 11.9. The van der Waals surface area contributed by atoms with Gasteiger partial charge in [0.05, 0.1) is 29.0 Å². The van der Waals surface area contributed by atoms with Crippen LogP contribution in [-0.2, 0) is 0 Å². The standard InChI is InChI=1S/C17H12N2O3/c1-2-22-15-8-7-12(9-11(15)10-18)19-16(20)13-5-3-4-6-14(13)17(19)21/h3-9H,2H2,1H3. The van der Waals surface area contributed by atoms with Crippen molar-refractivity contribution in [3.05, 3.63) is 59.2 Å². The fraction of sp³-hybridized carbons (Fsp3) is 0.118. The van der Waals surface area contributed by atoms with Crippen LogP contribution in [0, 0.1) is 11.3 Å². The zero-order chi connectivity index (χ0) is 15.7. The molecule has 3 rings (SSSR count). The van der Waals surface area contributed by atoms with Crippen molar-refractivity contribution in [1.82, 2.24) is 0 Å². The first-order chi connectivity index (χ1) is 10.7. The Morgan fingerprint density at radius 2 is 1.73 bits per heavy atom. The predicted octanol–water partition coefficient (Wildman–Crippen LogP) is 2.76. The monoisotopic (exact) mass is 292 g/mol. The van der Waals surface area contributed by atoms with Crippen molar-refractivity contribution in [3.8, 4) is 11.8 Å². The first-order valence-corrected chi connectivity index (χ1v) is 6.82. The van der Waals surface area contributed by atoms with E-state index in [9.17, 15) is 14.9 Å². The summed E-state index contributed by atoms with van der Waals surface area (Å²) in [5.74, 6) is -0.326. The molecule has 0 radical (unpaired) electrons. The Hall–Kier alpha value is -3.13. The minimum Gasteiger partial charge on any atom is -0.492 e. The zero-order valence-electron chi connectivity index (χ0n) is 11.9. The molecule has 0 aromatic heterocycles. The molecule has 0 fully saturated rings. The van der Waals surface area contributed by atoms with Crippen LogP contribution in [0.15, 0.2) is 42.5 Å². The Morgan fingerprint density at radius 1 is 1.09 bits per heavy atom. The van der Waals surface area contributed by atoms with Gasteiger partial charge in [0.1, 0.15) is 11.8 Å². The van der Waals surface area contributed by atoms with E-state index in [0.717, 1.165) is 4.90 Å². The number of carbonyl (C=O) groups is 2. The summed E-state index contributed by atoms with van der Waals surface area (Å²) in [6, 6.07) is 13.4. The average molecular weight is 292 g/mol. The molecule has 2 amide bonds. The van der Waals surface area contributed by atoms with Gasteiger partial charge in [0.2, 0.25) is 0 Å². The summed E-state index contributed by atoms with van der Waals surface area (Å²) in [7, 11) is 0. The number of benzene rings is 2. The Balaban J connectivity index is 2.05. The van der Waals surface area contributed by atoms with Gasteiger partial charge in [0.15, 0.2) is 0 Å². The summed E-state index contributed by atoms with van der Waals surface area (Å²) in [6.45, 7) is 2.25. The molecule has 0 spiro atoms. The molecule has 0 saturated heterocycles. The second-order valence-corrected chi connectivity index (χ2v) is 4.72. The van der Waals surface area contributed by atoms with E-state index >= 15 is 0 Å². The van der Waals surface area contributed by atoms with Gasteiger partial charge in [-0.15, -0.1) is 0 Å². The number of nitrogens with zero attached hydrogens (tertiary/aromatic N) is 2. The second-order valence-electron chi connectivity index (χ2n) is 4.72. The molecule has 22 heavy (non-hydrogen) atoms. The lowest BCUT2D eigenvalue weighted by Crippen LogP contribution is -2.29. The third-order valence-electron chi connectivity index (χ3n) is 3.44. The SMILES string of the molecule is CCOc1ccc(N2C(=O)c3ccccc3C2=O)cc1C#N. The van der Waals surface area contributed by atoms with Crippen molar-refractivity contribution in [2.24, 2.45) is 0 Å². The van der Waals surface area contributed by atoms with Gasteiger partial charge in [-0.1, -0.05) is 12.1 Å². The van der Waals surface area contributed by atoms with Gasteiger partial charge in [-0.25, -0.2) is 4.90 Å². The van der Waals surface area contributed by atoms with Crippen LogP contribution in [0.25, 0.3) is 0 Å². The highest BCUT2D eigenvalue weighted by Crippen LogP contribution is 2.31. The van der Waals surface area contributed by atoms with Crippen LogP contribution in [0.2, 0.25) is 0 Å². The summed E-state index contributed by atoms with van der Waals surface area (Å²) < 4.78 is 5.35. The second kappa shape index (κ2) is 5.34. The molecule has 0 aliphatic carbocycles. The number of rotatable bonds is 3. The van der Waals surface area contributed by atoms with E-state index in [-0.39, 0.29) is 17.4 Å². The van der Waals surface area contributed by atoms with E-state index in [2.05, 4.69) is 0 Å². The normalized spacial score (nSPS) is 13.0. The number of carbonyl (C=O) groups excluding carboxylic acids is 2. The topological polar surface area (TPSA) is 70.4 Å². The minimum absolute atomic E-state index is 0.288. The number of nitriles is 1. The van der Waals surface area contributed by atoms with Gasteiger partial charge in [-0.3, -0.25) is 9.59 Å². The molecule has 0 bridgehead atoms. The Labute approximate surface area is 127 Å². The molecule has 0 N–H and O–H groups in total. The third-order valence-corrected chi connectivity index (χ3v) is 3.44. The molecule has 0 saturated carbocycles. The van der Waals surface area contributed by atoms with Crippen molar-refractivity contribution in [2.45, 2.75) is 6.92 Å². The number of imide groups is 1.